The van der Waals surface area contributed by atoms with Crippen LogP contribution in [0.2, 0.25) is 5.02 Å². The number of aromatic nitrogens is 1. The van der Waals surface area contributed by atoms with Crippen LogP contribution in [-0.4, -0.2) is 4.98 Å². The van der Waals surface area contributed by atoms with Crippen molar-refractivity contribution in [2.75, 3.05) is 5.32 Å². The molecular formula is C12H12ClFN2O. The van der Waals surface area contributed by atoms with Crippen LogP contribution < -0.4 is 5.32 Å². The van der Waals surface area contributed by atoms with Gasteiger partial charge in [0.1, 0.15) is 11.6 Å². The summed E-state index contributed by atoms with van der Waals surface area (Å²) >= 11 is 5.92. The predicted octanol–water partition coefficient (Wildman–Crippen LogP) is 3.70. The van der Waals surface area contributed by atoms with E-state index >= 15 is 0 Å². The first kappa shape index (κ1) is 11.9. The number of oxazole rings is 1. The van der Waals surface area contributed by atoms with Crippen molar-refractivity contribution < 1.29 is 8.81 Å². The van der Waals surface area contributed by atoms with E-state index in [1.165, 1.54) is 18.2 Å². The fourth-order valence-electron chi connectivity index (χ4n) is 1.42. The van der Waals surface area contributed by atoms with Crippen LogP contribution in [0.5, 0.6) is 0 Å². The summed E-state index contributed by atoms with van der Waals surface area (Å²) in [5.74, 6) is 1.00. The van der Waals surface area contributed by atoms with Gasteiger partial charge in [0.25, 0.3) is 0 Å². The minimum Gasteiger partial charge on any atom is -0.444 e. The predicted molar refractivity (Wildman–Crippen MR) is 64.7 cm³/mol. The van der Waals surface area contributed by atoms with E-state index in [1.54, 1.807) is 0 Å². The third-order valence-corrected chi connectivity index (χ3v) is 2.76. The van der Waals surface area contributed by atoms with Gasteiger partial charge in [-0.3, -0.25) is 0 Å². The molecule has 5 heteroatoms. The van der Waals surface area contributed by atoms with Crippen LogP contribution in [0.1, 0.15) is 17.3 Å². The smallest absolute Gasteiger partial charge is 0.213 e. The van der Waals surface area contributed by atoms with Crippen molar-refractivity contribution >= 4 is 17.3 Å². The summed E-state index contributed by atoms with van der Waals surface area (Å²) in [6.07, 6.45) is 0. The number of halogens is 2. The van der Waals surface area contributed by atoms with E-state index in [-0.39, 0.29) is 5.82 Å². The van der Waals surface area contributed by atoms with Gasteiger partial charge in [0, 0.05) is 0 Å². The second kappa shape index (κ2) is 4.75. The largest absolute Gasteiger partial charge is 0.444 e. The van der Waals surface area contributed by atoms with E-state index < -0.39 is 0 Å². The molecular weight excluding hydrogens is 243 g/mol. The van der Waals surface area contributed by atoms with Crippen LogP contribution in [0, 0.1) is 19.7 Å². The summed E-state index contributed by atoms with van der Waals surface area (Å²) in [6, 6.07) is 4.16. The number of benzene rings is 1. The molecule has 1 aromatic heterocycles. The minimum atomic E-state index is -0.336. The zero-order chi connectivity index (χ0) is 12.4. The van der Waals surface area contributed by atoms with Crippen LogP contribution in [0.3, 0.4) is 0 Å². The van der Waals surface area contributed by atoms with Crippen LogP contribution in [0.25, 0.3) is 0 Å². The first-order valence-corrected chi connectivity index (χ1v) is 5.56. The summed E-state index contributed by atoms with van der Waals surface area (Å²) in [7, 11) is 0. The average molecular weight is 255 g/mol. The number of aryl methyl sites for hydroxylation is 2. The van der Waals surface area contributed by atoms with Gasteiger partial charge in [-0.05, 0) is 32.0 Å². The number of anilines is 1. The lowest BCUT2D eigenvalue weighted by atomic mass is 10.3. The molecule has 2 rings (SSSR count). The molecule has 0 amide bonds. The average Bonchev–Trinajstić information content (AvgIpc) is 2.60. The van der Waals surface area contributed by atoms with Gasteiger partial charge >= 0.3 is 0 Å². The van der Waals surface area contributed by atoms with Crippen LogP contribution in [0.4, 0.5) is 10.1 Å². The van der Waals surface area contributed by atoms with Crippen molar-refractivity contribution in [3.05, 3.63) is 46.4 Å². The Morgan fingerprint density at radius 3 is 2.82 bits per heavy atom. The number of nitrogens with zero attached hydrogens (tertiary/aromatic N) is 1. The number of hydrogen-bond acceptors (Lipinski definition) is 3. The molecule has 1 N–H and O–H groups in total. The molecule has 0 saturated heterocycles. The third kappa shape index (κ3) is 2.77. The van der Waals surface area contributed by atoms with Crippen LogP contribution in [-0.2, 0) is 6.54 Å². The summed E-state index contributed by atoms with van der Waals surface area (Å²) in [4.78, 5) is 4.21. The lowest BCUT2D eigenvalue weighted by Crippen LogP contribution is -2.00. The fourth-order valence-corrected chi connectivity index (χ4v) is 1.60. The molecule has 0 aliphatic heterocycles. The fraction of sp³-hybridized carbons (Fsp3) is 0.250. The molecule has 0 fully saturated rings. The highest BCUT2D eigenvalue weighted by Crippen LogP contribution is 2.23. The summed E-state index contributed by atoms with van der Waals surface area (Å²) in [5.41, 5.74) is 1.38. The van der Waals surface area contributed by atoms with Crippen molar-refractivity contribution in [3.63, 3.8) is 0 Å². The molecule has 1 aromatic carbocycles. The second-order valence-corrected chi connectivity index (χ2v) is 4.13. The number of rotatable bonds is 3. The molecule has 0 atom stereocenters. The molecule has 0 aliphatic rings. The molecule has 3 nitrogen and oxygen atoms in total. The Morgan fingerprint density at radius 1 is 1.41 bits per heavy atom. The van der Waals surface area contributed by atoms with Gasteiger partial charge in [0.05, 0.1) is 22.9 Å². The lowest BCUT2D eigenvalue weighted by Gasteiger charge is -2.05. The first-order chi connectivity index (χ1) is 8.06. The molecule has 0 bridgehead atoms. The highest BCUT2D eigenvalue weighted by Gasteiger charge is 2.07. The summed E-state index contributed by atoms with van der Waals surface area (Å²) in [5, 5.41) is 3.45. The Labute approximate surface area is 104 Å². The minimum absolute atomic E-state index is 0.336. The monoisotopic (exact) mass is 254 g/mol. The highest BCUT2D eigenvalue weighted by atomic mass is 35.5. The van der Waals surface area contributed by atoms with Gasteiger partial charge in [-0.15, -0.1) is 0 Å². The van der Waals surface area contributed by atoms with E-state index in [0.717, 1.165) is 11.5 Å². The normalized spacial score (nSPS) is 10.6. The molecule has 0 aliphatic carbocycles. The molecule has 0 unspecified atom stereocenters. The maximum atomic E-state index is 13.0. The van der Waals surface area contributed by atoms with Gasteiger partial charge in [-0.25, -0.2) is 9.37 Å². The second-order valence-electron chi connectivity index (χ2n) is 3.73. The maximum Gasteiger partial charge on any atom is 0.213 e. The molecule has 0 spiro atoms. The number of hydrogen-bond donors (Lipinski definition) is 1. The van der Waals surface area contributed by atoms with E-state index in [2.05, 4.69) is 10.3 Å². The molecule has 1 heterocycles. The van der Waals surface area contributed by atoms with Gasteiger partial charge in [-0.2, -0.15) is 0 Å². The van der Waals surface area contributed by atoms with Crippen LogP contribution in [0.15, 0.2) is 22.6 Å². The van der Waals surface area contributed by atoms with Crippen molar-refractivity contribution in [2.45, 2.75) is 20.4 Å². The molecule has 90 valence electrons. The van der Waals surface area contributed by atoms with E-state index in [1.807, 2.05) is 13.8 Å². The SMILES string of the molecule is Cc1nc(CNc2cc(F)ccc2Cl)oc1C. The zero-order valence-electron chi connectivity index (χ0n) is 9.55. The summed E-state index contributed by atoms with van der Waals surface area (Å²) in [6.45, 7) is 4.09. The quantitative estimate of drug-likeness (QED) is 0.908. The highest BCUT2D eigenvalue weighted by molar-refractivity contribution is 6.33. The van der Waals surface area contributed by atoms with E-state index in [0.29, 0.717) is 23.1 Å². The molecule has 17 heavy (non-hydrogen) atoms. The van der Waals surface area contributed by atoms with E-state index in [9.17, 15) is 4.39 Å². The Morgan fingerprint density at radius 2 is 2.18 bits per heavy atom. The van der Waals surface area contributed by atoms with Crippen LogP contribution >= 0.6 is 11.6 Å². The molecule has 0 saturated carbocycles. The van der Waals surface area contributed by atoms with Gasteiger partial charge < -0.3 is 9.73 Å². The Kier molecular flexibility index (Phi) is 3.33. The van der Waals surface area contributed by atoms with Crippen molar-refractivity contribution in [3.8, 4) is 0 Å². The zero-order valence-corrected chi connectivity index (χ0v) is 10.3. The third-order valence-electron chi connectivity index (χ3n) is 2.43. The standard InChI is InChI=1S/C12H12ClFN2O/c1-7-8(2)17-12(16-7)6-15-11-5-9(14)3-4-10(11)13/h3-5,15H,6H2,1-2H3. The Balaban J connectivity index is 2.09. The van der Waals surface area contributed by atoms with Gasteiger partial charge in [0.15, 0.2) is 0 Å². The van der Waals surface area contributed by atoms with Crippen molar-refractivity contribution in [1.82, 2.24) is 4.98 Å². The van der Waals surface area contributed by atoms with E-state index in [4.69, 9.17) is 16.0 Å². The Hall–Kier alpha value is -1.55. The van der Waals surface area contributed by atoms with Crippen molar-refractivity contribution in [2.24, 2.45) is 0 Å². The van der Waals surface area contributed by atoms with Crippen molar-refractivity contribution in [1.29, 1.82) is 0 Å². The number of nitrogens with one attached hydrogen (secondary N) is 1. The maximum absolute atomic E-state index is 13.0. The Bertz CT molecular complexity index is 520. The lowest BCUT2D eigenvalue weighted by molar-refractivity contribution is 0.478. The van der Waals surface area contributed by atoms with Gasteiger partial charge in [-0.1, -0.05) is 11.6 Å². The topological polar surface area (TPSA) is 38.1 Å². The first-order valence-electron chi connectivity index (χ1n) is 5.18. The molecule has 0 radical (unpaired) electrons. The molecule has 2 aromatic rings. The van der Waals surface area contributed by atoms with Gasteiger partial charge in [0.2, 0.25) is 5.89 Å². The summed E-state index contributed by atoms with van der Waals surface area (Å²) < 4.78 is 18.4.